The van der Waals surface area contributed by atoms with Crippen LogP contribution in [0.2, 0.25) is 0 Å². The molecule has 0 saturated heterocycles. The van der Waals surface area contributed by atoms with Crippen LogP contribution in [0.25, 0.3) is 0 Å². The normalized spacial score (nSPS) is 9.95. The molecule has 2 rings (SSSR count). The second-order valence-electron chi connectivity index (χ2n) is 3.91. The van der Waals surface area contributed by atoms with Gasteiger partial charge in [-0.2, -0.15) is 4.98 Å². The molecule has 0 radical (unpaired) electrons. The molecule has 7 heteroatoms. The molecule has 1 aromatic carbocycles. The minimum Gasteiger partial charge on any atom is -0.484 e. The molecule has 21 heavy (non-hydrogen) atoms. The summed E-state index contributed by atoms with van der Waals surface area (Å²) in [6.45, 7) is 1.72. The Kier molecular flexibility index (Phi) is 4.92. The van der Waals surface area contributed by atoms with Gasteiger partial charge in [0.15, 0.2) is 12.3 Å². The SMILES string of the molecule is CCOC(=O)c1coc(NC(=O)COc2ccccc2)n1. The van der Waals surface area contributed by atoms with Crippen LogP contribution in [0.3, 0.4) is 0 Å². The molecule has 0 spiro atoms. The zero-order valence-electron chi connectivity index (χ0n) is 11.4. The van der Waals surface area contributed by atoms with E-state index >= 15 is 0 Å². The van der Waals surface area contributed by atoms with Crippen molar-refractivity contribution < 1.29 is 23.5 Å². The lowest BCUT2D eigenvalue weighted by atomic mass is 10.3. The molecule has 0 aliphatic rings. The van der Waals surface area contributed by atoms with Crippen molar-refractivity contribution in [2.24, 2.45) is 0 Å². The highest BCUT2D eigenvalue weighted by Gasteiger charge is 2.14. The Morgan fingerprint density at radius 2 is 2.05 bits per heavy atom. The number of hydrogen-bond donors (Lipinski definition) is 1. The van der Waals surface area contributed by atoms with Crippen LogP contribution >= 0.6 is 0 Å². The third kappa shape index (κ3) is 4.34. The number of nitrogens with zero attached hydrogens (tertiary/aromatic N) is 1. The number of carbonyl (C=O) groups excluding carboxylic acids is 2. The summed E-state index contributed by atoms with van der Waals surface area (Å²) in [6.07, 6.45) is 1.12. The zero-order valence-corrected chi connectivity index (χ0v) is 11.4. The van der Waals surface area contributed by atoms with Gasteiger partial charge in [-0.15, -0.1) is 0 Å². The average Bonchev–Trinajstić information content (AvgIpc) is 2.95. The number of esters is 1. The molecule has 0 aliphatic heterocycles. The summed E-state index contributed by atoms with van der Waals surface area (Å²) in [5.74, 6) is -0.481. The van der Waals surface area contributed by atoms with Crippen LogP contribution in [0.15, 0.2) is 41.0 Å². The molecule has 2 aromatic rings. The van der Waals surface area contributed by atoms with Gasteiger partial charge in [0.1, 0.15) is 12.0 Å². The van der Waals surface area contributed by atoms with Gasteiger partial charge in [-0.05, 0) is 19.1 Å². The number of aromatic nitrogens is 1. The van der Waals surface area contributed by atoms with E-state index in [1.165, 1.54) is 0 Å². The van der Waals surface area contributed by atoms with Crippen molar-refractivity contribution in [1.29, 1.82) is 0 Å². The van der Waals surface area contributed by atoms with Crippen molar-refractivity contribution in [3.05, 3.63) is 42.3 Å². The number of oxazole rings is 1. The Labute approximate surface area is 120 Å². The highest BCUT2D eigenvalue weighted by Crippen LogP contribution is 2.10. The Morgan fingerprint density at radius 1 is 1.29 bits per heavy atom. The lowest BCUT2D eigenvalue weighted by molar-refractivity contribution is -0.118. The van der Waals surface area contributed by atoms with Gasteiger partial charge in [-0.1, -0.05) is 18.2 Å². The number of amides is 1. The zero-order chi connectivity index (χ0) is 15.1. The van der Waals surface area contributed by atoms with Gasteiger partial charge in [0.05, 0.1) is 6.61 Å². The Bertz CT molecular complexity index is 609. The van der Waals surface area contributed by atoms with Crippen LogP contribution in [-0.2, 0) is 9.53 Å². The van der Waals surface area contributed by atoms with Gasteiger partial charge < -0.3 is 13.9 Å². The maximum Gasteiger partial charge on any atom is 0.360 e. The van der Waals surface area contributed by atoms with E-state index in [4.69, 9.17) is 13.9 Å². The molecule has 0 bridgehead atoms. The number of para-hydroxylation sites is 1. The molecule has 1 heterocycles. The summed E-state index contributed by atoms with van der Waals surface area (Å²) in [5.41, 5.74) is -0.00359. The van der Waals surface area contributed by atoms with Gasteiger partial charge in [0.2, 0.25) is 0 Å². The van der Waals surface area contributed by atoms with Crippen molar-refractivity contribution in [1.82, 2.24) is 4.98 Å². The number of rotatable bonds is 6. The molecule has 0 fully saturated rings. The first-order valence-corrected chi connectivity index (χ1v) is 6.29. The minimum absolute atomic E-state index is 0.00359. The lowest BCUT2D eigenvalue weighted by Crippen LogP contribution is -2.20. The number of benzene rings is 1. The van der Waals surface area contributed by atoms with E-state index in [1.807, 2.05) is 6.07 Å². The molecule has 1 aromatic heterocycles. The average molecular weight is 290 g/mol. The molecule has 0 saturated carbocycles. The van der Waals surface area contributed by atoms with Crippen molar-refractivity contribution >= 4 is 17.9 Å². The quantitative estimate of drug-likeness (QED) is 0.817. The van der Waals surface area contributed by atoms with E-state index in [9.17, 15) is 9.59 Å². The van der Waals surface area contributed by atoms with Crippen LogP contribution in [0.5, 0.6) is 5.75 Å². The van der Waals surface area contributed by atoms with Crippen molar-refractivity contribution in [2.45, 2.75) is 6.92 Å². The molecule has 1 N–H and O–H groups in total. The molecule has 7 nitrogen and oxygen atoms in total. The summed E-state index contributed by atoms with van der Waals surface area (Å²) in [6, 6.07) is 8.82. The van der Waals surface area contributed by atoms with Crippen LogP contribution in [0, 0.1) is 0 Å². The molecule has 0 unspecified atom stereocenters. The Hall–Kier alpha value is -2.83. The van der Waals surface area contributed by atoms with Gasteiger partial charge in [-0.3, -0.25) is 10.1 Å². The number of hydrogen-bond acceptors (Lipinski definition) is 6. The fourth-order valence-electron chi connectivity index (χ4n) is 1.45. The summed E-state index contributed by atoms with van der Waals surface area (Å²) >= 11 is 0. The summed E-state index contributed by atoms with van der Waals surface area (Å²) in [7, 11) is 0. The van der Waals surface area contributed by atoms with Crippen LogP contribution in [0.4, 0.5) is 6.01 Å². The fourth-order valence-corrected chi connectivity index (χ4v) is 1.45. The van der Waals surface area contributed by atoms with E-state index in [2.05, 4.69) is 10.3 Å². The van der Waals surface area contributed by atoms with Crippen molar-refractivity contribution in [3.63, 3.8) is 0 Å². The third-order valence-electron chi connectivity index (χ3n) is 2.35. The highest BCUT2D eigenvalue weighted by atomic mass is 16.5. The lowest BCUT2D eigenvalue weighted by Gasteiger charge is -2.04. The molecule has 110 valence electrons. The van der Waals surface area contributed by atoms with Crippen LogP contribution in [-0.4, -0.2) is 30.1 Å². The summed E-state index contributed by atoms with van der Waals surface area (Å²) < 4.78 is 15.0. The largest absolute Gasteiger partial charge is 0.484 e. The number of nitrogens with one attached hydrogen (secondary N) is 1. The second-order valence-corrected chi connectivity index (χ2v) is 3.91. The number of anilines is 1. The van der Waals surface area contributed by atoms with Crippen LogP contribution in [0.1, 0.15) is 17.4 Å². The number of ether oxygens (including phenoxy) is 2. The second kappa shape index (κ2) is 7.09. The van der Waals surface area contributed by atoms with Gasteiger partial charge in [-0.25, -0.2) is 4.79 Å². The molecule has 0 aliphatic carbocycles. The smallest absolute Gasteiger partial charge is 0.360 e. The molecule has 1 amide bonds. The Morgan fingerprint density at radius 3 is 2.76 bits per heavy atom. The fraction of sp³-hybridized carbons (Fsp3) is 0.214. The van der Waals surface area contributed by atoms with Gasteiger partial charge in [0, 0.05) is 0 Å². The first kappa shape index (κ1) is 14.6. The monoisotopic (exact) mass is 290 g/mol. The van der Waals surface area contributed by atoms with E-state index in [0.717, 1.165) is 6.26 Å². The van der Waals surface area contributed by atoms with Gasteiger partial charge >= 0.3 is 12.0 Å². The molecule has 0 atom stereocenters. The highest BCUT2D eigenvalue weighted by molar-refractivity contribution is 5.91. The summed E-state index contributed by atoms with van der Waals surface area (Å²) in [5, 5.41) is 2.38. The topological polar surface area (TPSA) is 90.7 Å². The van der Waals surface area contributed by atoms with Crippen molar-refractivity contribution in [3.8, 4) is 5.75 Å². The van der Waals surface area contributed by atoms with Crippen LogP contribution < -0.4 is 10.1 Å². The van der Waals surface area contributed by atoms with Crippen molar-refractivity contribution in [2.75, 3.05) is 18.5 Å². The van der Waals surface area contributed by atoms with E-state index in [-0.39, 0.29) is 24.9 Å². The maximum absolute atomic E-state index is 11.6. The number of carbonyl (C=O) groups is 2. The predicted octanol–water partition coefficient (Wildman–Crippen LogP) is 1.87. The minimum atomic E-state index is -0.609. The van der Waals surface area contributed by atoms with E-state index in [0.29, 0.717) is 5.75 Å². The maximum atomic E-state index is 11.6. The summed E-state index contributed by atoms with van der Waals surface area (Å²) in [4.78, 5) is 26.8. The Balaban J connectivity index is 1.84. The van der Waals surface area contributed by atoms with E-state index in [1.54, 1.807) is 31.2 Å². The van der Waals surface area contributed by atoms with Gasteiger partial charge in [0.25, 0.3) is 5.91 Å². The first-order valence-electron chi connectivity index (χ1n) is 6.29. The third-order valence-corrected chi connectivity index (χ3v) is 2.35. The predicted molar refractivity (Wildman–Crippen MR) is 73.0 cm³/mol. The standard InChI is InChI=1S/C14H14N2O5/c1-2-19-13(18)11-8-21-14(15-11)16-12(17)9-20-10-6-4-3-5-7-10/h3-8H,2,9H2,1H3,(H,15,16,17). The first-order chi connectivity index (χ1) is 10.2. The van der Waals surface area contributed by atoms with E-state index < -0.39 is 11.9 Å². The molecular weight excluding hydrogens is 276 g/mol. The molecular formula is C14H14N2O5.